The molecule has 8 nitrogen and oxygen atoms in total. The van der Waals surface area contributed by atoms with E-state index in [1.165, 1.54) is 5.56 Å². The number of rotatable bonds is 4. The van der Waals surface area contributed by atoms with Gasteiger partial charge >= 0.3 is 12.2 Å². The van der Waals surface area contributed by atoms with E-state index in [9.17, 15) is 9.59 Å². The Hall–Kier alpha value is -3.29. The van der Waals surface area contributed by atoms with E-state index in [2.05, 4.69) is 21.3 Å². The Kier molecular flexibility index (Phi) is 7.24. The lowest BCUT2D eigenvalue weighted by Gasteiger charge is -2.36. The average Bonchev–Trinajstić information content (AvgIpc) is 2.82. The van der Waals surface area contributed by atoms with Crippen LogP contribution in [0.1, 0.15) is 43.9 Å². The van der Waals surface area contributed by atoms with Crippen molar-refractivity contribution in [1.29, 1.82) is 0 Å². The van der Waals surface area contributed by atoms with Crippen molar-refractivity contribution in [2.45, 2.75) is 58.3 Å². The maximum absolute atomic E-state index is 12.3. The van der Waals surface area contributed by atoms with Crippen LogP contribution in [0.15, 0.2) is 42.6 Å². The molecule has 2 heterocycles. The van der Waals surface area contributed by atoms with E-state index >= 15 is 0 Å². The smallest absolute Gasteiger partial charge is 0.410 e. The lowest BCUT2D eigenvalue weighted by atomic mass is 9.89. The number of piperazine rings is 1. The summed E-state index contributed by atoms with van der Waals surface area (Å²) in [5, 5.41) is 2.99. The predicted molar refractivity (Wildman–Crippen MR) is 130 cm³/mol. The number of amides is 2. The van der Waals surface area contributed by atoms with E-state index in [1.54, 1.807) is 4.90 Å². The van der Waals surface area contributed by atoms with E-state index in [1.807, 2.05) is 57.3 Å². The molecule has 8 heteroatoms. The van der Waals surface area contributed by atoms with Gasteiger partial charge in [-0.2, -0.15) is 0 Å². The van der Waals surface area contributed by atoms with Crippen molar-refractivity contribution in [1.82, 2.24) is 15.2 Å². The number of nitrogens with zero attached hydrogens (tertiary/aromatic N) is 3. The number of fused-ring (bicyclic) bond motifs is 1. The molecule has 4 rings (SSSR count). The molecule has 1 atom stereocenters. The van der Waals surface area contributed by atoms with Crippen molar-refractivity contribution in [2.75, 3.05) is 31.1 Å². The van der Waals surface area contributed by atoms with Crippen LogP contribution in [0, 0.1) is 0 Å². The summed E-state index contributed by atoms with van der Waals surface area (Å²) in [5.74, 6) is 0.941. The zero-order valence-electron chi connectivity index (χ0n) is 20.3. The summed E-state index contributed by atoms with van der Waals surface area (Å²) in [6.07, 6.45) is 3.77. The van der Waals surface area contributed by atoms with Gasteiger partial charge in [0.2, 0.25) is 0 Å². The first-order valence-corrected chi connectivity index (χ1v) is 11.9. The molecule has 0 bridgehead atoms. The molecule has 2 aliphatic rings. The van der Waals surface area contributed by atoms with Crippen LogP contribution in [0.3, 0.4) is 0 Å². The molecule has 1 aliphatic carbocycles. The lowest BCUT2D eigenvalue weighted by molar-refractivity contribution is 0.0240. The normalized spacial score (nSPS) is 18.1. The van der Waals surface area contributed by atoms with E-state index in [-0.39, 0.29) is 24.8 Å². The van der Waals surface area contributed by atoms with Gasteiger partial charge in [-0.05, 0) is 62.8 Å². The van der Waals surface area contributed by atoms with Crippen molar-refractivity contribution in [3.05, 3.63) is 59.3 Å². The summed E-state index contributed by atoms with van der Waals surface area (Å²) in [5.41, 5.74) is 2.92. The van der Waals surface area contributed by atoms with Gasteiger partial charge in [-0.1, -0.05) is 30.3 Å². The number of nitrogens with one attached hydrogen (secondary N) is 1. The summed E-state index contributed by atoms with van der Waals surface area (Å²) >= 11 is 0. The van der Waals surface area contributed by atoms with Crippen LogP contribution in [-0.2, 0) is 28.9 Å². The number of hydrogen-bond acceptors (Lipinski definition) is 6. The Labute approximate surface area is 201 Å². The van der Waals surface area contributed by atoms with Gasteiger partial charge in [-0.3, -0.25) is 0 Å². The number of carbonyl (C=O) groups is 2. The molecule has 182 valence electrons. The van der Waals surface area contributed by atoms with Gasteiger partial charge in [0.15, 0.2) is 0 Å². The fraction of sp³-hybridized carbons (Fsp3) is 0.500. The highest BCUT2D eigenvalue weighted by molar-refractivity contribution is 5.69. The number of aryl methyl sites for hydroxylation is 1. The van der Waals surface area contributed by atoms with Gasteiger partial charge < -0.3 is 24.6 Å². The topological polar surface area (TPSA) is 84.0 Å². The minimum absolute atomic E-state index is 0.0424. The predicted octanol–water partition coefficient (Wildman–Crippen LogP) is 3.92. The molecule has 1 aromatic heterocycles. The quantitative estimate of drug-likeness (QED) is 0.735. The minimum Gasteiger partial charge on any atom is -0.445 e. The Morgan fingerprint density at radius 3 is 2.53 bits per heavy atom. The SMILES string of the molecule is CC(C)(C)OC(=O)N1CCN(c2cc3c(cn2)C[C@@H](NC(=O)OCc2ccccc2)CC3)CC1. The molecule has 1 aliphatic heterocycles. The zero-order chi connectivity index (χ0) is 24.1. The molecule has 2 amide bonds. The molecule has 0 unspecified atom stereocenters. The number of aromatic nitrogens is 1. The Balaban J connectivity index is 1.26. The number of anilines is 1. The minimum atomic E-state index is -0.486. The molecular formula is C26H34N4O4. The van der Waals surface area contributed by atoms with E-state index in [0.717, 1.165) is 49.3 Å². The molecule has 34 heavy (non-hydrogen) atoms. The van der Waals surface area contributed by atoms with Crippen LogP contribution >= 0.6 is 0 Å². The number of carbonyl (C=O) groups excluding carboxylic acids is 2. The Morgan fingerprint density at radius 1 is 1.09 bits per heavy atom. The monoisotopic (exact) mass is 466 g/mol. The molecule has 0 saturated carbocycles. The van der Waals surface area contributed by atoms with Gasteiger partial charge in [-0.15, -0.1) is 0 Å². The molecule has 1 saturated heterocycles. The van der Waals surface area contributed by atoms with Crippen LogP contribution in [0.2, 0.25) is 0 Å². The first-order valence-electron chi connectivity index (χ1n) is 11.9. The largest absolute Gasteiger partial charge is 0.445 e. The van der Waals surface area contributed by atoms with Crippen LogP contribution in [0.5, 0.6) is 0 Å². The van der Waals surface area contributed by atoms with Crippen molar-refractivity contribution >= 4 is 18.0 Å². The van der Waals surface area contributed by atoms with Gasteiger partial charge in [0.25, 0.3) is 0 Å². The molecule has 1 N–H and O–H groups in total. The number of hydrogen-bond donors (Lipinski definition) is 1. The molecule has 0 radical (unpaired) electrons. The number of benzene rings is 1. The second kappa shape index (κ2) is 10.3. The second-order valence-electron chi connectivity index (χ2n) is 9.91. The van der Waals surface area contributed by atoms with Crippen molar-refractivity contribution < 1.29 is 19.1 Å². The fourth-order valence-corrected chi connectivity index (χ4v) is 4.30. The maximum atomic E-state index is 12.3. The van der Waals surface area contributed by atoms with E-state index < -0.39 is 5.60 Å². The van der Waals surface area contributed by atoms with Gasteiger partial charge in [-0.25, -0.2) is 14.6 Å². The van der Waals surface area contributed by atoms with Gasteiger partial charge in [0, 0.05) is 38.4 Å². The summed E-state index contributed by atoms with van der Waals surface area (Å²) in [4.78, 5) is 33.2. The first kappa shape index (κ1) is 23.9. The van der Waals surface area contributed by atoms with Crippen LogP contribution in [0.4, 0.5) is 15.4 Å². The lowest BCUT2D eigenvalue weighted by Crippen LogP contribution is -2.50. The molecular weight excluding hydrogens is 432 g/mol. The summed E-state index contributed by atoms with van der Waals surface area (Å²) in [6, 6.07) is 11.9. The van der Waals surface area contributed by atoms with Crippen LogP contribution in [0.25, 0.3) is 0 Å². The molecule has 1 aromatic carbocycles. The zero-order valence-corrected chi connectivity index (χ0v) is 20.3. The van der Waals surface area contributed by atoms with Crippen molar-refractivity contribution in [3.8, 4) is 0 Å². The van der Waals surface area contributed by atoms with Crippen molar-refractivity contribution in [2.24, 2.45) is 0 Å². The van der Waals surface area contributed by atoms with Crippen LogP contribution in [-0.4, -0.2) is 59.9 Å². The average molecular weight is 467 g/mol. The molecule has 2 aromatic rings. The third kappa shape index (κ3) is 6.40. The van der Waals surface area contributed by atoms with E-state index in [0.29, 0.717) is 13.1 Å². The number of ether oxygens (including phenoxy) is 2. The highest BCUT2D eigenvalue weighted by Crippen LogP contribution is 2.25. The van der Waals surface area contributed by atoms with Crippen molar-refractivity contribution in [3.63, 3.8) is 0 Å². The second-order valence-corrected chi connectivity index (χ2v) is 9.91. The number of pyridine rings is 1. The Bertz CT molecular complexity index is 998. The highest BCUT2D eigenvalue weighted by atomic mass is 16.6. The summed E-state index contributed by atoms with van der Waals surface area (Å²) < 4.78 is 10.8. The van der Waals surface area contributed by atoms with E-state index in [4.69, 9.17) is 9.47 Å². The third-order valence-electron chi connectivity index (χ3n) is 6.09. The highest BCUT2D eigenvalue weighted by Gasteiger charge is 2.27. The molecule has 0 spiro atoms. The number of alkyl carbamates (subject to hydrolysis) is 1. The third-order valence-corrected chi connectivity index (χ3v) is 6.09. The Morgan fingerprint density at radius 2 is 1.82 bits per heavy atom. The summed E-state index contributed by atoms with van der Waals surface area (Å²) in [7, 11) is 0. The van der Waals surface area contributed by atoms with Crippen LogP contribution < -0.4 is 10.2 Å². The maximum Gasteiger partial charge on any atom is 0.410 e. The standard InChI is InChI=1S/C26H34N4O4/c1-26(2,3)34-25(32)30-13-11-29(12-14-30)23-16-20-9-10-22(15-21(20)17-27-23)28-24(31)33-18-19-7-5-4-6-8-19/h4-8,16-17,22H,9-15,18H2,1-3H3,(H,28,31)/t22-/m0/s1. The van der Waals surface area contributed by atoms with Gasteiger partial charge in [0.1, 0.15) is 18.0 Å². The van der Waals surface area contributed by atoms with Gasteiger partial charge in [0.05, 0.1) is 0 Å². The summed E-state index contributed by atoms with van der Waals surface area (Å²) in [6.45, 7) is 8.59. The first-order chi connectivity index (χ1) is 16.3. The molecule has 1 fully saturated rings. The fourth-order valence-electron chi connectivity index (χ4n) is 4.30.